The van der Waals surface area contributed by atoms with E-state index in [1.54, 1.807) is 6.20 Å². The standard InChI is InChI=1S/C54H32N4/c1-2-8-33(9-3-1)34-17-24-39(25-18-34)52-56-53(40-26-19-35(20-27-40)42-13-7-29-55-32-42)58-54(57-52)43-30-41-28-23-38-11-5-15-45-44-14-4-10-36-21-22-37-12-6-16-46(50(37)48(36)44)47(31-43)51(41)49(38)45/h1-32H. The maximum atomic E-state index is 5.26. The predicted octanol–water partition coefficient (Wildman–Crippen LogP) is 14.0. The summed E-state index contributed by atoms with van der Waals surface area (Å²) in [6.45, 7) is 0. The van der Waals surface area contributed by atoms with E-state index < -0.39 is 0 Å². The van der Waals surface area contributed by atoms with Gasteiger partial charge in [-0.15, -0.1) is 0 Å². The SMILES string of the molecule is c1ccc(-c2ccc(-c3nc(-c4ccc(-c5cccnc5)cc4)nc(-c4cc5ccc6cccc7c8cccc9ccc%10cccc(c(c4)c5c67)c%10c98)n3)cc2)cc1. The van der Waals surface area contributed by atoms with Gasteiger partial charge < -0.3 is 0 Å². The van der Waals surface area contributed by atoms with Crippen LogP contribution in [0.2, 0.25) is 0 Å². The number of pyridine rings is 1. The van der Waals surface area contributed by atoms with Crippen molar-refractivity contribution in [3.8, 4) is 56.4 Å². The summed E-state index contributed by atoms with van der Waals surface area (Å²) in [5, 5.41) is 14.8. The molecule has 10 aromatic carbocycles. The number of benzene rings is 9. The Balaban J connectivity index is 1.13. The van der Waals surface area contributed by atoms with Gasteiger partial charge in [0.25, 0.3) is 0 Å². The van der Waals surface area contributed by atoms with Gasteiger partial charge in [-0.3, -0.25) is 4.98 Å². The van der Waals surface area contributed by atoms with Crippen LogP contribution in [0.15, 0.2) is 194 Å². The molecule has 4 nitrogen and oxygen atoms in total. The zero-order valence-electron chi connectivity index (χ0n) is 31.3. The highest BCUT2D eigenvalue weighted by atomic mass is 15.0. The Hall–Kier alpha value is -7.82. The largest absolute Gasteiger partial charge is 0.264 e. The molecule has 2 aromatic heterocycles. The van der Waals surface area contributed by atoms with Gasteiger partial charge in [0.2, 0.25) is 0 Å². The Kier molecular flexibility index (Phi) is 7.20. The highest BCUT2D eigenvalue weighted by molar-refractivity contribution is 6.37. The Morgan fingerprint density at radius 1 is 0.259 bits per heavy atom. The third-order valence-electron chi connectivity index (χ3n) is 11.7. The Morgan fingerprint density at radius 2 is 0.690 bits per heavy atom. The van der Waals surface area contributed by atoms with E-state index in [1.165, 1.54) is 64.8 Å². The van der Waals surface area contributed by atoms with Crippen molar-refractivity contribution in [2.75, 3.05) is 0 Å². The summed E-state index contributed by atoms with van der Waals surface area (Å²) in [5.74, 6) is 1.87. The lowest BCUT2D eigenvalue weighted by atomic mass is 9.87. The maximum absolute atomic E-state index is 5.26. The summed E-state index contributed by atoms with van der Waals surface area (Å²) >= 11 is 0. The monoisotopic (exact) mass is 736 g/mol. The second-order valence-electron chi connectivity index (χ2n) is 15.0. The molecule has 268 valence electrons. The number of hydrogen-bond acceptors (Lipinski definition) is 4. The average Bonchev–Trinajstić information content (AvgIpc) is 3.30. The minimum atomic E-state index is 0.620. The third kappa shape index (κ3) is 5.16. The fraction of sp³-hybridized carbons (Fsp3) is 0. The second-order valence-corrected chi connectivity index (χ2v) is 15.0. The Morgan fingerprint density at radius 3 is 1.22 bits per heavy atom. The van der Waals surface area contributed by atoms with E-state index in [1.807, 2.05) is 18.3 Å². The summed E-state index contributed by atoms with van der Waals surface area (Å²) in [6.07, 6.45) is 3.68. The van der Waals surface area contributed by atoms with Crippen molar-refractivity contribution in [3.63, 3.8) is 0 Å². The first-order chi connectivity index (χ1) is 28.7. The van der Waals surface area contributed by atoms with E-state index in [9.17, 15) is 0 Å². The van der Waals surface area contributed by atoms with Crippen LogP contribution in [-0.4, -0.2) is 19.9 Å². The van der Waals surface area contributed by atoms with Crippen molar-refractivity contribution in [1.29, 1.82) is 0 Å². The molecule has 0 aliphatic rings. The van der Waals surface area contributed by atoms with E-state index in [0.29, 0.717) is 17.5 Å². The van der Waals surface area contributed by atoms with Gasteiger partial charge in [0, 0.05) is 29.1 Å². The molecular formula is C54H32N4. The first-order valence-electron chi connectivity index (χ1n) is 19.6. The molecule has 0 fully saturated rings. The fourth-order valence-electron chi connectivity index (χ4n) is 8.96. The minimum Gasteiger partial charge on any atom is -0.264 e. The van der Waals surface area contributed by atoms with Crippen LogP contribution in [0.1, 0.15) is 0 Å². The van der Waals surface area contributed by atoms with E-state index in [4.69, 9.17) is 15.0 Å². The highest BCUT2D eigenvalue weighted by Gasteiger charge is 2.19. The van der Waals surface area contributed by atoms with Crippen LogP contribution >= 0.6 is 0 Å². The van der Waals surface area contributed by atoms with Gasteiger partial charge in [-0.2, -0.15) is 0 Å². The number of hydrogen-bond donors (Lipinski definition) is 0. The van der Waals surface area contributed by atoms with Crippen LogP contribution in [0.5, 0.6) is 0 Å². The number of nitrogens with zero attached hydrogens (tertiary/aromatic N) is 4. The number of rotatable bonds is 5. The molecular weight excluding hydrogens is 705 g/mol. The maximum Gasteiger partial charge on any atom is 0.164 e. The molecule has 2 heterocycles. The van der Waals surface area contributed by atoms with Crippen LogP contribution in [0.25, 0.3) is 121 Å². The van der Waals surface area contributed by atoms with Crippen molar-refractivity contribution >= 4 is 64.6 Å². The Bertz CT molecular complexity index is 3420. The highest BCUT2D eigenvalue weighted by Crippen LogP contribution is 2.44. The molecule has 4 heteroatoms. The summed E-state index contributed by atoms with van der Waals surface area (Å²) < 4.78 is 0. The molecule has 58 heavy (non-hydrogen) atoms. The quantitative estimate of drug-likeness (QED) is 0.165. The van der Waals surface area contributed by atoms with Crippen molar-refractivity contribution in [1.82, 2.24) is 19.9 Å². The predicted molar refractivity (Wildman–Crippen MR) is 241 cm³/mol. The molecule has 0 atom stereocenters. The van der Waals surface area contributed by atoms with Gasteiger partial charge in [-0.1, -0.05) is 164 Å². The first kappa shape index (κ1) is 32.4. The van der Waals surface area contributed by atoms with Gasteiger partial charge >= 0.3 is 0 Å². The lowest BCUT2D eigenvalue weighted by molar-refractivity contribution is 1.07. The first-order valence-corrected chi connectivity index (χ1v) is 19.6. The van der Waals surface area contributed by atoms with Gasteiger partial charge in [0.05, 0.1) is 0 Å². The van der Waals surface area contributed by atoms with Gasteiger partial charge in [0.15, 0.2) is 17.5 Å². The zero-order valence-corrected chi connectivity index (χ0v) is 31.3. The van der Waals surface area contributed by atoms with Crippen LogP contribution in [0.3, 0.4) is 0 Å². The molecule has 0 saturated heterocycles. The van der Waals surface area contributed by atoms with E-state index in [0.717, 1.165) is 38.8 Å². The van der Waals surface area contributed by atoms with Crippen molar-refractivity contribution in [3.05, 3.63) is 194 Å². The summed E-state index contributed by atoms with van der Waals surface area (Å²) in [7, 11) is 0. The summed E-state index contributed by atoms with van der Waals surface area (Å²) in [5.41, 5.74) is 7.23. The molecule has 0 radical (unpaired) electrons. The molecule has 0 unspecified atom stereocenters. The smallest absolute Gasteiger partial charge is 0.164 e. The molecule has 0 amide bonds. The molecule has 12 rings (SSSR count). The van der Waals surface area contributed by atoms with Gasteiger partial charge in [-0.05, 0) is 105 Å². The van der Waals surface area contributed by atoms with Crippen LogP contribution in [0, 0.1) is 0 Å². The lowest BCUT2D eigenvalue weighted by Crippen LogP contribution is -2.00. The van der Waals surface area contributed by atoms with E-state index >= 15 is 0 Å². The van der Waals surface area contributed by atoms with E-state index in [2.05, 4.69) is 175 Å². The molecule has 0 spiro atoms. The number of aromatic nitrogens is 4. The molecule has 12 aromatic rings. The molecule has 0 aliphatic carbocycles. The third-order valence-corrected chi connectivity index (χ3v) is 11.7. The van der Waals surface area contributed by atoms with Gasteiger partial charge in [-0.25, -0.2) is 15.0 Å². The normalized spacial score (nSPS) is 11.8. The average molecular weight is 737 g/mol. The lowest BCUT2D eigenvalue weighted by Gasteiger charge is -2.17. The molecule has 0 saturated carbocycles. The van der Waals surface area contributed by atoms with Crippen molar-refractivity contribution < 1.29 is 0 Å². The summed E-state index contributed by atoms with van der Waals surface area (Å²) in [4.78, 5) is 20.0. The van der Waals surface area contributed by atoms with Crippen molar-refractivity contribution in [2.24, 2.45) is 0 Å². The van der Waals surface area contributed by atoms with Crippen molar-refractivity contribution in [2.45, 2.75) is 0 Å². The minimum absolute atomic E-state index is 0.620. The second kappa shape index (κ2) is 12.9. The van der Waals surface area contributed by atoms with Crippen LogP contribution < -0.4 is 0 Å². The molecule has 0 N–H and O–H groups in total. The summed E-state index contributed by atoms with van der Waals surface area (Å²) in [6, 6.07) is 65.1. The van der Waals surface area contributed by atoms with Gasteiger partial charge in [0.1, 0.15) is 0 Å². The van der Waals surface area contributed by atoms with E-state index in [-0.39, 0.29) is 0 Å². The fourth-order valence-corrected chi connectivity index (χ4v) is 8.96. The molecule has 0 aliphatic heterocycles. The molecule has 0 bridgehead atoms. The zero-order chi connectivity index (χ0) is 38.2. The Labute approximate surface area is 334 Å². The number of fused-ring (bicyclic) bond motifs is 2. The van der Waals surface area contributed by atoms with Crippen LogP contribution in [-0.2, 0) is 0 Å². The van der Waals surface area contributed by atoms with Crippen LogP contribution in [0.4, 0.5) is 0 Å². The topological polar surface area (TPSA) is 51.6 Å².